The Hall–Kier alpha value is -2.81. The molecule has 2 rings (SSSR count). The van der Waals surface area contributed by atoms with E-state index in [4.69, 9.17) is 0 Å². The zero-order valence-corrected chi connectivity index (χ0v) is 10.7. The van der Waals surface area contributed by atoms with Crippen molar-refractivity contribution in [1.29, 1.82) is 0 Å². The third kappa shape index (κ3) is 3.36. The minimum Gasteiger partial charge on any atom is -0.278 e. The van der Waals surface area contributed by atoms with Crippen LogP contribution in [-0.4, -0.2) is 16.1 Å². The first-order chi connectivity index (χ1) is 9.56. The van der Waals surface area contributed by atoms with E-state index in [0.29, 0.717) is 10.6 Å². The van der Waals surface area contributed by atoms with Crippen molar-refractivity contribution < 1.29 is 9.85 Å². The van der Waals surface area contributed by atoms with E-state index in [2.05, 4.69) is 10.5 Å². The lowest BCUT2D eigenvalue weighted by Gasteiger charge is -1.98. The summed E-state index contributed by atoms with van der Waals surface area (Å²) in [5, 5.41) is 25.0. The molecule has 0 amide bonds. The minimum atomic E-state index is -0.502. The Morgan fingerprint density at radius 1 is 1.15 bits per heavy atom. The van der Waals surface area contributed by atoms with Crippen molar-refractivity contribution in [3.63, 3.8) is 0 Å². The fraction of sp³-hybridized carbons (Fsp3) is 0. The van der Waals surface area contributed by atoms with Crippen molar-refractivity contribution in [1.82, 2.24) is 0 Å². The van der Waals surface area contributed by atoms with Crippen LogP contribution in [-0.2, 0) is 0 Å². The Morgan fingerprint density at radius 2 is 1.95 bits per heavy atom. The van der Waals surface area contributed by atoms with E-state index >= 15 is 0 Å². The molecule has 1 N–H and O–H groups in total. The Labute approximate surface area is 116 Å². The van der Waals surface area contributed by atoms with E-state index in [0.717, 1.165) is 11.3 Å². The molecule has 0 aliphatic heterocycles. The molecule has 0 saturated carbocycles. The van der Waals surface area contributed by atoms with E-state index in [1.54, 1.807) is 12.1 Å². The number of hydrazone groups is 1. The van der Waals surface area contributed by atoms with E-state index < -0.39 is 9.85 Å². The SMILES string of the molecule is O=[N+]([O-])c1cccc(N/N=C/c2ccc([N+](=O)[O-])s2)c1. The second-order valence-electron chi connectivity index (χ2n) is 3.61. The van der Waals surface area contributed by atoms with Gasteiger partial charge in [0.25, 0.3) is 5.69 Å². The highest BCUT2D eigenvalue weighted by atomic mass is 32.1. The van der Waals surface area contributed by atoms with Crippen LogP contribution >= 0.6 is 11.3 Å². The van der Waals surface area contributed by atoms with E-state index in [1.165, 1.54) is 30.5 Å². The molecule has 0 bridgehead atoms. The quantitative estimate of drug-likeness (QED) is 0.517. The summed E-state index contributed by atoms with van der Waals surface area (Å²) in [4.78, 5) is 20.7. The Kier molecular flexibility index (Phi) is 4.01. The number of nitrogens with one attached hydrogen (secondary N) is 1. The number of benzene rings is 1. The van der Waals surface area contributed by atoms with Crippen LogP contribution in [0.5, 0.6) is 0 Å². The van der Waals surface area contributed by atoms with E-state index in [1.807, 2.05) is 0 Å². The average molecular weight is 292 g/mol. The van der Waals surface area contributed by atoms with Crippen LogP contribution in [0.25, 0.3) is 0 Å². The minimum absolute atomic E-state index is 0.0294. The van der Waals surface area contributed by atoms with Crippen molar-refractivity contribution >= 4 is 33.9 Å². The number of non-ortho nitro benzene ring substituents is 1. The number of hydrogen-bond donors (Lipinski definition) is 1. The largest absolute Gasteiger partial charge is 0.324 e. The molecule has 102 valence electrons. The molecule has 0 spiro atoms. The molecule has 0 aliphatic carbocycles. The molecule has 0 atom stereocenters. The van der Waals surface area contributed by atoms with Crippen LogP contribution in [0.4, 0.5) is 16.4 Å². The summed E-state index contributed by atoms with van der Waals surface area (Å²) in [5.41, 5.74) is 3.04. The summed E-state index contributed by atoms with van der Waals surface area (Å²) >= 11 is 0.988. The number of rotatable bonds is 5. The van der Waals surface area contributed by atoms with Gasteiger partial charge in [0, 0.05) is 18.2 Å². The zero-order chi connectivity index (χ0) is 14.5. The third-order valence-corrected chi connectivity index (χ3v) is 3.21. The van der Waals surface area contributed by atoms with Crippen molar-refractivity contribution in [3.05, 3.63) is 61.5 Å². The summed E-state index contributed by atoms with van der Waals surface area (Å²) in [6, 6.07) is 8.83. The first-order valence-electron chi connectivity index (χ1n) is 5.34. The number of anilines is 1. The Bertz CT molecular complexity index is 683. The fourth-order valence-corrected chi connectivity index (χ4v) is 2.06. The lowest BCUT2D eigenvalue weighted by Crippen LogP contribution is -1.92. The monoisotopic (exact) mass is 292 g/mol. The molecule has 0 unspecified atom stereocenters. The topological polar surface area (TPSA) is 111 Å². The average Bonchev–Trinajstić information content (AvgIpc) is 2.88. The maximum absolute atomic E-state index is 10.6. The lowest BCUT2D eigenvalue weighted by molar-refractivity contribution is -0.384. The number of nitro groups is 2. The Balaban J connectivity index is 2.04. The zero-order valence-electron chi connectivity index (χ0n) is 9.92. The first-order valence-corrected chi connectivity index (χ1v) is 6.15. The predicted octanol–water partition coefficient (Wildman–Crippen LogP) is 3.01. The van der Waals surface area contributed by atoms with Crippen LogP contribution in [0.1, 0.15) is 4.88 Å². The van der Waals surface area contributed by atoms with Gasteiger partial charge in [0.2, 0.25) is 0 Å². The standard InChI is InChI=1S/C11H8N4O4S/c16-14(17)9-3-1-2-8(6-9)13-12-7-10-4-5-11(20-10)15(18)19/h1-7,13H/b12-7+. The maximum Gasteiger partial charge on any atom is 0.324 e. The molecule has 0 saturated heterocycles. The summed E-state index contributed by atoms with van der Waals surface area (Å²) in [5.74, 6) is 0. The van der Waals surface area contributed by atoms with Gasteiger partial charge in [-0.05, 0) is 12.1 Å². The van der Waals surface area contributed by atoms with Gasteiger partial charge in [-0.15, -0.1) is 0 Å². The van der Waals surface area contributed by atoms with Gasteiger partial charge < -0.3 is 0 Å². The van der Waals surface area contributed by atoms with Gasteiger partial charge in [0.05, 0.1) is 26.6 Å². The smallest absolute Gasteiger partial charge is 0.278 e. The second kappa shape index (κ2) is 5.89. The molecule has 1 aromatic carbocycles. The molecule has 0 aliphatic rings. The summed E-state index contributed by atoms with van der Waals surface area (Å²) in [7, 11) is 0. The van der Waals surface area contributed by atoms with Crippen LogP contribution in [0.3, 0.4) is 0 Å². The second-order valence-corrected chi connectivity index (χ2v) is 4.70. The van der Waals surface area contributed by atoms with Crippen molar-refractivity contribution in [2.24, 2.45) is 5.10 Å². The number of hydrogen-bond acceptors (Lipinski definition) is 7. The van der Waals surface area contributed by atoms with Crippen molar-refractivity contribution in [2.75, 3.05) is 5.43 Å². The number of nitro benzene ring substituents is 1. The predicted molar refractivity (Wildman–Crippen MR) is 75.3 cm³/mol. The van der Waals surface area contributed by atoms with Gasteiger partial charge in [-0.3, -0.25) is 25.7 Å². The molecule has 1 aromatic heterocycles. The molecular weight excluding hydrogens is 284 g/mol. The van der Waals surface area contributed by atoms with Gasteiger partial charge in [-0.2, -0.15) is 5.10 Å². The molecule has 9 heteroatoms. The molecule has 20 heavy (non-hydrogen) atoms. The summed E-state index contributed by atoms with van der Waals surface area (Å²) in [6.45, 7) is 0. The molecule has 0 radical (unpaired) electrons. The highest BCUT2D eigenvalue weighted by molar-refractivity contribution is 7.16. The highest BCUT2D eigenvalue weighted by Crippen LogP contribution is 2.22. The van der Waals surface area contributed by atoms with Gasteiger partial charge in [-0.25, -0.2) is 0 Å². The molecular formula is C11H8N4O4S. The molecule has 1 heterocycles. The third-order valence-electron chi connectivity index (χ3n) is 2.23. The van der Waals surface area contributed by atoms with Crippen molar-refractivity contribution in [2.45, 2.75) is 0 Å². The summed E-state index contributed by atoms with van der Waals surface area (Å²) < 4.78 is 0. The van der Waals surface area contributed by atoms with Crippen LogP contribution in [0, 0.1) is 20.2 Å². The van der Waals surface area contributed by atoms with Gasteiger partial charge >= 0.3 is 5.00 Å². The number of thiophene rings is 1. The lowest BCUT2D eigenvalue weighted by atomic mass is 10.3. The fourth-order valence-electron chi connectivity index (χ4n) is 1.37. The first kappa shape index (κ1) is 13.6. The van der Waals surface area contributed by atoms with Gasteiger partial charge in [-0.1, -0.05) is 17.4 Å². The molecule has 0 fully saturated rings. The van der Waals surface area contributed by atoms with Crippen LogP contribution < -0.4 is 5.43 Å². The van der Waals surface area contributed by atoms with Crippen LogP contribution in [0.2, 0.25) is 0 Å². The molecule has 8 nitrogen and oxygen atoms in total. The van der Waals surface area contributed by atoms with Gasteiger partial charge in [0.1, 0.15) is 0 Å². The molecule has 2 aromatic rings. The van der Waals surface area contributed by atoms with E-state index in [9.17, 15) is 20.2 Å². The Morgan fingerprint density at radius 3 is 2.60 bits per heavy atom. The van der Waals surface area contributed by atoms with Gasteiger partial charge in [0.15, 0.2) is 0 Å². The highest BCUT2D eigenvalue weighted by Gasteiger charge is 2.08. The normalized spacial score (nSPS) is 10.6. The van der Waals surface area contributed by atoms with Crippen molar-refractivity contribution in [3.8, 4) is 0 Å². The maximum atomic E-state index is 10.6. The number of nitrogens with zero attached hydrogens (tertiary/aromatic N) is 3. The van der Waals surface area contributed by atoms with Crippen LogP contribution in [0.15, 0.2) is 41.5 Å². The summed E-state index contributed by atoms with van der Waals surface area (Å²) in [6.07, 6.45) is 1.41. The van der Waals surface area contributed by atoms with E-state index in [-0.39, 0.29) is 10.7 Å².